The van der Waals surface area contributed by atoms with Crippen molar-refractivity contribution in [2.45, 2.75) is 18.9 Å². The molecule has 0 aliphatic carbocycles. The summed E-state index contributed by atoms with van der Waals surface area (Å²) >= 11 is 0. The molecule has 118 valence electrons. The molecule has 1 saturated heterocycles. The first kappa shape index (κ1) is 15.9. The van der Waals surface area contributed by atoms with Crippen LogP contribution in [0.15, 0.2) is 12.1 Å². The summed E-state index contributed by atoms with van der Waals surface area (Å²) < 4.78 is 21.9. The predicted molar refractivity (Wildman–Crippen MR) is 81.4 cm³/mol. The van der Waals surface area contributed by atoms with Crippen molar-refractivity contribution in [1.29, 1.82) is 0 Å². The Morgan fingerprint density at radius 1 is 1.05 bits per heavy atom. The van der Waals surface area contributed by atoms with Gasteiger partial charge in [-0.15, -0.1) is 0 Å². The average molecular weight is 295 g/mol. The third-order valence-corrected chi connectivity index (χ3v) is 4.12. The summed E-state index contributed by atoms with van der Waals surface area (Å²) in [5.41, 5.74) is 1.10. The lowest BCUT2D eigenvalue weighted by Crippen LogP contribution is -2.30. The molecule has 5 nitrogen and oxygen atoms in total. The number of benzene rings is 1. The third kappa shape index (κ3) is 3.24. The van der Waals surface area contributed by atoms with E-state index in [-0.39, 0.29) is 6.04 Å². The van der Waals surface area contributed by atoms with E-state index in [0.717, 1.165) is 37.4 Å². The standard InChI is InChI=1S/C16H25NO4/c1-17-14(11-7-9-21-10-8-11)12-5-6-13(18-2)16(20-4)15(12)19-3/h5-6,11,14,17H,7-10H2,1-4H3. The van der Waals surface area contributed by atoms with Gasteiger partial charge in [0.2, 0.25) is 5.75 Å². The maximum absolute atomic E-state index is 5.61. The molecule has 0 aromatic heterocycles. The molecule has 0 radical (unpaired) electrons. The summed E-state index contributed by atoms with van der Waals surface area (Å²) in [4.78, 5) is 0. The van der Waals surface area contributed by atoms with Gasteiger partial charge >= 0.3 is 0 Å². The first-order chi connectivity index (χ1) is 10.3. The van der Waals surface area contributed by atoms with E-state index in [9.17, 15) is 0 Å². The van der Waals surface area contributed by atoms with Gasteiger partial charge in [-0.1, -0.05) is 0 Å². The molecule has 0 spiro atoms. The van der Waals surface area contributed by atoms with Gasteiger partial charge in [0, 0.05) is 24.8 Å². The van der Waals surface area contributed by atoms with Crippen molar-refractivity contribution >= 4 is 0 Å². The van der Waals surface area contributed by atoms with Crippen LogP contribution in [0.2, 0.25) is 0 Å². The lowest BCUT2D eigenvalue weighted by Gasteiger charge is -2.31. The molecule has 0 bridgehead atoms. The topological polar surface area (TPSA) is 49.0 Å². The van der Waals surface area contributed by atoms with Gasteiger partial charge in [-0.05, 0) is 37.9 Å². The van der Waals surface area contributed by atoms with E-state index in [1.165, 1.54) is 0 Å². The third-order valence-electron chi connectivity index (χ3n) is 4.12. The Hall–Kier alpha value is -1.46. The minimum atomic E-state index is 0.212. The summed E-state index contributed by atoms with van der Waals surface area (Å²) in [6.07, 6.45) is 2.09. The summed E-state index contributed by atoms with van der Waals surface area (Å²) in [5, 5.41) is 3.42. The van der Waals surface area contributed by atoms with E-state index >= 15 is 0 Å². The highest BCUT2D eigenvalue weighted by atomic mass is 16.5. The monoisotopic (exact) mass is 295 g/mol. The second-order valence-corrected chi connectivity index (χ2v) is 5.14. The average Bonchev–Trinajstić information content (AvgIpc) is 2.55. The molecule has 1 aromatic rings. The van der Waals surface area contributed by atoms with E-state index < -0.39 is 0 Å². The summed E-state index contributed by atoms with van der Waals surface area (Å²) in [6, 6.07) is 4.20. The van der Waals surface area contributed by atoms with Crippen LogP contribution in [0, 0.1) is 5.92 Å². The molecular weight excluding hydrogens is 270 g/mol. The van der Waals surface area contributed by atoms with Crippen LogP contribution >= 0.6 is 0 Å². The van der Waals surface area contributed by atoms with Crippen LogP contribution in [0.25, 0.3) is 0 Å². The quantitative estimate of drug-likeness (QED) is 0.873. The molecule has 0 saturated carbocycles. The molecule has 21 heavy (non-hydrogen) atoms. The minimum Gasteiger partial charge on any atom is -0.493 e. The smallest absolute Gasteiger partial charge is 0.203 e. The Kier molecular flexibility index (Phi) is 5.70. The molecule has 1 unspecified atom stereocenters. The zero-order valence-electron chi connectivity index (χ0n) is 13.3. The lowest BCUT2D eigenvalue weighted by molar-refractivity contribution is 0.0542. The highest BCUT2D eigenvalue weighted by Crippen LogP contribution is 2.44. The summed E-state index contributed by atoms with van der Waals surface area (Å²) in [6.45, 7) is 1.64. The number of rotatable bonds is 6. The number of methoxy groups -OCH3 is 3. The van der Waals surface area contributed by atoms with Crippen LogP contribution in [-0.2, 0) is 4.74 Å². The van der Waals surface area contributed by atoms with Gasteiger partial charge in [0.1, 0.15) is 0 Å². The maximum Gasteiger partial charge on any atom is 0.203 e. The zero-order chi connectivity index (χ0) is 15.2. The van der Waals surface area contributed by atoms with E-state index in [0.29, 0.717) is 17.4 Å². The Morgan fingerprint density at radius 3 is 2.24 bits per heavy atom. The predicted octanol–water partition coefficient (Wildman–Crippen LogP) is 2.40. The maximum atomic E-state index is 5.61. The van der Waals surface area contributed by atoms with Gasteiger partial charge in [0.05, 0.1) is 21.3 Å². The summed E-state index contributed by atoms with van der Waals surface area (Å²) in [7, 11) is 6.91. The minimum absolute atomic E-state index is 0.212. The van der Waals surface area contributed by atoms with Crippen molar-refractivity contribution in [2.75, 3.05) is 41.6 Å². The molecule has 1 heterocycles. The van der Waals surface area contributed by atoms with Crippen molar-refractivity contribution in [3.63, 3.8) is 0 Å². The molecule has 1 N–H and O–H groups in total. The summed E-state index contributed by atoms with van der Waals surface area (Å²) in [5.74, 6) is 2.59. The van der Waals surface area contributed by atoms with Crippen LogP contribution in [0.4, 0.5) is 0 Å². The van der Waals surface area contributed by atoms with Crippen molar-refractivity contribution in [1.82, 2.24) is 5.32 Å². The van der Waals surface area contributed by atoms with E-state index in [1.807, 2.05) is 13.1 Å². The first-order valence-corrected chi connectivity index (χ1v) is 7.30. The SMILES string of the molecule is CNC(c1ccc(OC)c(OC)c1OC)C1CCOCC1. The first-order valence-electron chi connectivity index (χ1n) is 7.30. The fourth-order valence-corrected chi connectivity index (χ4v) is 3.06. The molecule has 5 heteroatoms. The van der Waals surface area contributed by atoms with Gasteiger partial charge in [-0.2, -0.15) is 0 Å². The van der Waals surface area contributed by atoms with Crippen LogP contribution in [0.3, 0.4) is 0 Å². The molecular formula is C16H25NO4. The van der Waals surface area contributed by atoms with Crippen molar-refractivity contribution in [3.8, 4) is 17.2 Å². The molecule has 0 amide bonds. The van der Waals surface area contributed by atoms with Gasteiger partial charge < -0.3 is 24.3 Å². The number of nitrogens with one attached hydrogen (secondary N) is 1. The molecule has 1 aliphatic rings. The van der Waals surface area contributed by atoms with E-state index in [2.05, 4.69) is 11.4 Å². The number of ether oxygens (including phenoxy) is 4. The Balaban J connectivity index is 2.40. The number of hydrogen-bond acceptors (Lipinski definition) is 5. The van der Waals surface area contributed by atoms with Gasteiger partial charge in [0.15, 0.2) is 11.5 Å². The molecule has 1 aromatic carbocycles. The van der Waals surface area contributed by atoms with Crippen LogP contribution in [0.1, 0.15) is 24.4 Å². The van der Waals surface area contributed by atoms with E-state index in [1.54, 1.807) is 21.3 Å². The fraction of sp³-hybridized carbons (Fsp3) is 0.625. The zero-order valence-corrected chi connectivity index (χ0v) is 13.3. The molecule has 2 rings (SSSR count). The van der Waals surface area contributed by atoms with Crippen LogP contribution in [-0.4, -0.2) is 41.6 Å². The Labute approximate surface area is 126 Å². The van der Waals surface area contributed by atoms with E-state index in [4.69, 9.17) is 18.9 Å². The molecule has 1 atom stereocenters. The van der Waals surface area contributed by atoms with Gasteiger partial charge in [-0.25, -0.2) is 0 Å². The van der Waals surface area contributed by atoms with Crippen LogP contribution < -0.4 is 19.5 Å². The van der Waals surface area contributed by atoms with Gasteiger partial charge in [0.25, 0.3) is 0 Å². The molecule has 1 aliphatic heterocycles. The Morgan fingerprint density at radius 2 is 1.71 bits per heavy atom. The highest BCUT2D eigenvalue weighted by Gasteiger charge is 2.28. The second-order valence-electron chi connectivity index (χ2n) is 5.14. The van der Waals surface area contributed by atoms with Gasteiger partial charge in [-0.3, -0.25) is 0 Å². The second kappa shape index (κ2) is 7.52. The van der Waals surface area contributed by atoms with Crippen molar-refractivity contribution in [3.05, 3.63) is 17.7 Å². The fourth-order valence-electron chi connectivity index (χ4n) is 3.06. The molecule has 1 fully saturated rings. The lowest BCUT2D eigenvalue weighted by atomic mass is 9.86. The van der Waals surface area contributed by atoms with Crippen LogP contribution in [0.5, 0.6) is 17.2 Å². The normalized spacial score (nSPS) is 17.3. The number of hydrogen-bond donors (Lipinski definition) is 1. The highest BCUT2D eigenvalue weighted by molar-refractivity contribution is 5.56. The Bertz CT molecular complexity index is 458. The largest absolute Gasteiger partial charge is 0.493 e. The van der Waals surface area contributed by atoms with Crippen molar-refractivity contribution < 1.29 is 18.9 Å². The van der Waals surface area contributed by atoms with Crippen molar-refractivity contribution in [2.24, 2.45) is 5.92 Å².